The van der Waals surface area contributed by atoms with E-state index in [0.717, 1.165) is 37.6 Å². The summed E-state index contributed by atoms with van der Waals surface area (Å²) in [6, 6.07) is 10.2. The average Bonchev–Trinajstić information content (AvgIpc) is 3.27. The Hall–Kier alpha value is -1.61. The van der Waals surface area contributed by atoms with Gasteiger partial charge in [-0.1, -0.05) is 12.1 Å². The monoisotopic (exact) mass is 455 g/mol. The average molecular weight is 455 g/mol. The summed E-state index contributed by atoms with van der Waals surface area (Å²) >= 11 is 0. The van der Waals surface area contributed by atoms with Crippen molar-refractivity contribution in [3.63, 3.8) is 0 Å². The first kappa shape index (κ1) is 19.7. The van der Waals surface area contributed by atoms with Crippen LogP contribution in [0.4, 0.5) is 0 Å². The van der Waals surface area contributed by atoms with Gasteiger partial charge in [0.25, 0.3) is 0 Å². The fraction of sp³-hybridized carbons (Fsp3) is 0.444. The molecule has 1 unspecified atom stereocenters. The van der Waals surface area contributed by atoms with E-state index in [1.807, 2.05) is 29.1 Å². The van der Waals surface area contributed by atoms with Gasteiger partial charge in [0.05, 0.1) is 11.3 Å². The summed E-state index contributed by atoms with van der Waals surface area (Å²) in [7, 11) is 1.79. The summed E-state index contributed by atoms with van der Waals surface area (Å²) < 4.78 is 7.66. The van der Waals surface area contributed by atoms with Crippen molar-refractivity contribution in [2.45, 2.75) is 31.9 Å². The molecule has 1 aromatic heterocycles. The molecule has 1 fully saturated rings. The van der Waals surface area contributed by atoms with Gasteiger partial charge in [0.2, 0.25) is 0 Å². The zero-order valence-electron chi connectivity index (χ0n) is 14.7. The van der Waals surface area contributed by atoms with Crippen molar-refractivity contribution in [3.8, 4) is 5.69 Å². The lowest BCUT2D eigenvalue weighted by Gasteiger charge is -2.24. The molecule has 0 amide bonds. The van der Waals surface area contributed by atoms with Crippen LogP contribution >= 0.6 is 24.0 Å². The number of hydrogen-bond acceptors (Lipinski definition) is 3. The number of aromatic nitrogens is 2. The van der Waals surface area contributed by atoms with Gasteiger partial charge in [-0.3, -0.25) is 4.99 Å². The van der Waals surface area contributed by atoms with Crippen molar-refractivity contribution in [3.05, 3.63) is 48.3 Å². The van der Waals surface area contributed by atoms with Gasteiger partial charge in [0.15, 0.2) is 5.96 Å². The van der Waals surface area contributed by atoms with E-state index in [1.54, 1.807) is 13.2 Å². The molecule has 0 radical (unpaired) electrons. The largest absolute Gasteiger partial charge is 0.373 e. The predicted octanol–water partition coefficient (Wildman–Crippen LogP) is 2.72. The Bertz CT molecular complexity index is 681. The summed E-state index contributed by atoms with van der Waals surface area (Å²) in [6.45, 7) is 4.46. The van der Waals surface area contributed by atoms with Gasteiger partial charge in [-0.2, -0.15) is 5.10 Å². The number of benzene rings is 1. The summed E-state index contributed by atoms with van der Waals surface area (Å²) in [4.78, 5) is 4.29. The fourth-order valence-electron chi connectivity index (χ4n) is 2.88. The fourth-order valence-corrected chi connectivity index (χ4v) is 2.88. The van der Waals surface area contributed by atoms with Gasteiger partial charge >= 0.3 is 0 Å². The molecule has 0 aliphatic carbocycles. The van der Waals surface area contributed by atoms with Crippen LogP contribution in [0.15, 0.2) is 47.7 Å². The van der Waals surface area contributed by atoms with Gasteiger partial charge in [-0.15, -0.1) is 24.0 Å². The summed E-state index contributed by atoms with van der Waals surface area (Å²) in [5.74, 6) is 0.788. The number of nitrogens with one attached hydrogen (secondary N) is 2. The molecule has 3 rings (SSSR count). The van der Waals surface area contributed by atoms with E-state index >= 15 is 0 Å². The second-order valence-electron chi connectivity index (χ2n) is 6.30. The Morgan fingerprint density at radius 2 is 2.24 bits per heavy atom. The van der Waals surface area contributed by atoms with Gasteiger partial charge in [-0.05, 0) is 43.5 Å². The number of rotatable bonds is 5. The van der Waals surface area contributed by atoms with Crippen LogP contribution in [-0.4, -0.2) is 41.5 Å². The highest BCUT2D eigenvalue weighted by Gasteiger charge is 2.29. The number of guanidine groups is 1. The van der Waals surface area contributed by atoms with Crippen molar-refractivity contribution in [1.82, 2.24) is 20.4 Å². The lowest BCUT2D eigenvalue weighted by atomic mass is 10.0. The van der Waals surface area contributed by atoms with Gasteiger partial charge in [0, 0.05) is 39.1 Å². The third-order valence-corrected chi connectivity index (χ3v) is 4.29. The predicted molar refractivity (Wildman–Crippen MR) is 111 cm³/mol. The molecular formula is C18H26IN5O. The third kappa shape index (κ3) is 5.43. The van der Waals surface area contributed by atoms with E-state index in [-0.39, 0.29) is 29.6 Å². The molecule has 1 aliphatic heterocycles. The quantitative estimate of drug-likeness (QED) is 0.414. The molecule has 2 aromatic rings. The maximum absolute atomic E-state index is 5.80. The molecule has 7 heteroatoms. The van der Waals surface area contributed by atoms with Crippen LogP contribution < -0.4 is 10.6 Å². The van der Waals surface area contributed by atoms with Gasteiger partial charge in [0.1, 0.15) is 0 Å². The minimum absolute atomic E-state index is 0. The minimum Gasteiger partial charge on any atom is -0.373 e. The van der Waals surface area contributed by atoms with E-state index in [0.29, 0.717) is 6.54 Å². The molecule has 1 atom stereocenters. The second-order valence-corrected chi connectivity index (χ2v) is 6.30. The zero-order chi connectivity index (χ0) is 16.8. The molecular weight excluding hydrogens is 429 g/mol. The van der Waals surface area contributed by atoms with Gasteiger partial charge < -0.3 is 15.4 Å². The van der Waals surface area contributed by atoms with Crippen molar-refractivity contribution in [2.75, 3.05) is 20.2 Å². The molecule has 0 saturated carbocycles. The summed E-state index contributed by atoms with van der Waals surface area (Å²) in [5, 5.41) is 11.0. The Morgan fingerprint density at radius 1 is 1.36 bits per heavy atom. The summed E-state index contributed by atoms with van der Waals surface area (Å²) in [5.41, 5.74) is 2.14. The van der Waals surface area contributed by atoms with Crippen LogP contribution in [0, 0.1) is 0 Å². The Morgan fingerprint density at radius 3 is 2.92 bits per heavy atom. The van der Waals surface area contributed by atoms with Gasteiger partial charge in [-0.25, -0.2) is 4.68 Å². The van der Waals surface area contributed by atoms with Crippen molar-refractivity contribution >= 4 is 29.9 Å². The standard InChI is InChI=1S/C18H25N5O.HI/c1-18(8-4-11-24-18)14-21-17(19-2)20-13-15-6-3-7-16(12-15)23-10-5-9-22-23;/h3,5-7,9-10,12H,4,8,11,13-14H2,1-2H3,(H2,19,20,21);1H. The number of halogens is 1. The van der Waals surface area contributed by atoms with Crippen LogP contribution in [0.5, 0.6) is 0 Å². The van der Waals surface area contributed by atoms with Crippen molar-refractivity contribution in [2.24, 2.45) is 4.99 Å². The highest BCUT2D eigenvalue weighted by Crippen LogP contribution is 2.23. The van der Waals surface area contributed by atoms with E-state index < -0.39 is 0 Å². The first-order valence-corrected chi connectivity index (χ1v) is 8.36. The van der Waals surface area contributed by atoms with Crippen LogP contribution in [0.3, 0.4) is 0 Å². The Labute approximate surface area is 166 Å². The minimum atomic E-state index is -0.0857. The van der Waals surface area contributed by atoms with E-state index in [1.165, 1.54) is 5.56 Å². The van der Waals surface area contributed by atoms with E-state index in [9.17, 15) is 0 Å². The summed E-state index contributed by atoms with van der Waals surface area (Å²) in [6.07, 6.45) is 5.94. The van der Waals surface area contributed by atoms with E-state index in [2.05, 4.69) is 39.8 Å². The molecule has 0 spiro atoms. The SMILES string of the molecule is CN=C(NCc1cccc(-n2cccn2)c1)NCC1(C)CCCO1.I. The number of nitrogens with zero attached hydrogens (tertiary/aromatic N) is 3. The third-order valence-electron chi connectivity index (χ3n) is 4.29. The first-order chi connectivity index (χ1) is 11.7. The lowest BCUT2D eigenvalue weighted by Crippen LogP contribution is -2.45. The first-order valence-electron chi connectivity index (χ1n) is 8.36. The van der Waals surface area contributed by atoms with E-state index in [4.69, 9.17) is 4.74 Å². The van der Waals surface area contributed by atoms with Crippen LogP contribution in [-0.2, 0) is 11.3 Å². The van der Waals surface area contributed by atoms with Crippen LogP contribution in [0.2, 0.25) is 0 Å². The number of hydrogen-bond donors (Lipinski definition) is 2. The number of ether oxygens (including phenoxy) is 1. The highest BCUT2D eigenvalue weighted by molar-refractivity contribution is 14.0. The molecule has 25 heavy (non-hydrogen) atoms. The van der Waals surface area contributed by atoms with Crippen molar-refractivity contribution < 1.29 is 4.74 Å². The maximum Gasteiger partial charge on any atom is 0.191 e. The molecule has 136 valence electrons. The van der Waals surface area contributed by atoms with Crippen LogP contribution in [0.1, 0.15) is 25.3 Å². The zero-order valence-corrected chi connectivity index (χ0v) is 17.1. The molecule has 1 aromatic carbocycles. The highest BCUT2D eigenvalue weighted by atomic mass is 127. The maximum atomic E-state index is 5.80. The molecule has 6 nitrogen and oxygen atoms in total. The Balaban J connectivity index is 0.00000225. The second kappa shape index (κ2) is 9.19. The smallest absolute Gasteiger partial charge is 0.191 e. The lowest BCUT2D eigenvalue weighted by molar-refractivity contribution is 0.0243. The topological polar surface area (TPSA) is 63.5 Å². The molecule has 0 bridgehead atoms. The molecule has 2 heterocycles. The normalized spacial score (nSPS) is 20.2. The molecule has 1 aliphatic rings. The molecule has 2 N–H and O–H groups in total. The van der Waals surface area contributed by atoms with Crippen molar-refractivity contribution in [1.29, 1.82) is 0 Å². The van der Waals surface area contributed by atoms with Crippen LogP contribution in [0.25, 0.3) is 5.69 Å². The Kier molecular flexibility index (Phi) is 7.24. The molecule has 1 saturated heterocycles. The number of aliphatic imine (C=N–C) groups is 1.